The molecular weight excluding hydrogens is 416 g/mol. The molecule has 0 unspecified atom stereocenters. The number of ether oxygens (including phenoxy) is 1. The van der Waals surface area contributed by atoms with Crippen molar-refractivity contribution in [1.29, 1.82) is 0 Å². The summed E-state index contributed by atoms with van der Waals surface area (Å²) >= 11 is 0. The average Bonchev–Trinajstić information content (AvgIpc) is 3.32. The molecule has 0 atom stereocenters. The van der Waals surface area contributed by atoms with E-state index in [0.717, 1.165) is 0 Å². The van der Waals surface area contributed by atoms with Crippen LogP contribution in [0.1, 0.15) is 39.4 Å². The molecule has 6 nitrogen and oxygen atoms in total. The summed E-state index contributed by atoms with van der Waals surface area (Å²) in [5.74, 6) is 4.73. The second-order valence-electron chi connectivity index (χ2n) is 7.82. The summed E-state index contributed by atoms with van der Waals surface area (Å²) in [4.78, 5) is 35.5. The van der Waals surface area contributed by atoms with Crippen LogP contribution in [0.3, 0.4) is 0 Å². The number of carbonyl (C=O) groups excluding carboxylic acids is 3. The predicted molar refractivity (Wildman–Crippen MR) is 124 cm³/mol. The lowest BCUT2D eigenvalue weighted by Gasteiger charge is -2.14. The third kappa shape index (κ3) is 3.85. The maximum atomic E-state index is 12.2. The zero-order chi connectivity index (χ0) is 22.8. The number of Topliss-reactive ketones (excluding diaryl/α,β-unsaturated/α-hetero) is 1. The topological polar surface area (TPSA) is 84.5 Å². The number of para-hydroxylation sites is 1. The molecule has 0 aromatic heterocycles. The molecule has 3 aromatic rings. The fraction of sp³-hybridized carbons (Fsp3) is 0.148. The van der Waals surface area contributed by atoms with Gasteiger partial charge in [-0.25, -0.2) is 4.79 Å². The first-order chi connectivity index (χ1) is 16.1. The Morgan fingerprint density at radius 3 is 2.30 bits per heavy atom. The Bertz CT molecular complexity index is 1300. The normalized spacial score (nSPS) is 13.3. The van der Waals surface area contributed by atoms with Crippen LogP contribution >= 0.6 is 0 Å². The van der Waals surface area contributed by atoms with E-state index in [0.29, 0.717) is 29.8 Å². The van der Waals surface area contributed by atoms with Crippen molar-refractivity contribution in [3.8, 4) is 23.0 Å². The monoisotopic (exact) mass is 436 g/mol. The fourth-order valence-electron chi connectivity index (χ4n) is 4.31. The SMILES string of the molecule is O=C(NCCC#Cc1cccc2c1NC(=O)C2=O)OCC1c2ccccc2-c2ccccc21. The summed E-state index contributed by atoms with van der Waals surface area (Å²) in [6, 6.07) is 21.4. The average molecular weight is 436 g/mol. The Kier molecular flexibility index (Phi) is 5.37. The summed E-state index contributed by atoms with van der Waals surface area (Å²) in [6.07, 6.45) is -0.0902. The Balaban J connectivity index is 1.15. The van der Waals surface area contributed by atoms with Gasteiger partial charge in [0.25, 0.3) is 11.7 Å². The van der Waals surface area contributed by atoms with Gasteiger partial charge in [-0.15, -0.1) is 0 Å². The van der Waals surface area contributed by atoms with E-state index in [1.807, 2.05) is 24.3 Å². The van der Waals surface area contributed by atoms with Crippen molar-refractivity contribution in [3.63, 3.8) is 0 Å². The summed E-state index contributed by atoms with van der Waals surface area (Å²) < 4.78 is 5.51. The number of carbonyl (C=O) groups is 3. The molecule has 0 spiro atoms. The molecule has 1 aliphatic carbocycles. The molecule has 0 bridgehead atoms. The number of rotatable bonds is 4. The van der Waals surface area contributed by atoms with Gasteiger partial charge >= 0.3 is 6.09 Å². The second kappa shape index (κ2) is 8.64. The van der Waals surface area contributed by atoms with Crippen LogP contribution in [0.15, 0.2) is 66.7 Å². The lowest BCUT2D eigenvalue weighted by atomic mass is 9.98. The smallest absolute Gasteiger partial charge is 0.407 e. The fourth-order valence-corrected chi connectivity index (χ4v) is 4.31. The summed E-state index contributed by atoms with van der Waals surface area (Å²) in [6.45, 7) is 0.583. The number of fused-ring (bicyclic) bond motifs is 4. The molecule has 6 heteroatoms. The molecule has 0 fully saturated rings. The standard InChI is InChI=1S/C27H20N2O4/c30-25-22-14-7-9-17(24(22)29-26(25)31)8-5-6-15-28-27(32)33-16-23-20-12-3-1-10-18(20)19-11-2-4-13-21(19)23/h1-4,7,9-14,23H,6,15-16H2,(H,28,32)(H,29,30,31). The van der Waals surface area contributed by atoms with Crippen molar-refractivity contribution >= 4 is 23.5 Å². The third-order valence-corrected chi connectivity index (χ3v) is 5.84. The molecular formula is C27H20N2O4. The summed E-state index contributed by atoms with van der Waals surface area (Å²) in [7, 11) is 0. The van der Waals surface area contributed by atoms with E-state index in [1.165, 1.54) is 22.3 Å². The minimum absolute atomic E-state index is 0.0149. The quantitative estimate of drug-likeness (QED) is 0.366. The predicted octanol–water partition coefficient (Wildman–Crippen LogP) is 4.10. The van der Waals surface area contributed by atoms with E-state index >= 15 is 0 Å². The van der Waals surface area contributed by atoms with Crippen LogP contribution in [0.25, 0.3) is 11.1 Å². The van der Waals surface area contributed by atoms with E-state index in [-0.39, 0.29) is 12.5 Å². The van der Waals surface area contributed by atoms with Gasteiger partial charge < -0.3 is 15.4 Å². The minimum Gasteiger partial charge on any atom is -0.449 e. The molecule has 2 amide bonds. The number of hydrogen-bond donors (Lipinski definition) is 2. The molecule has 5 rings (SSSR count). The molecule has 0 saturated heterocycles. The zero-order valence-electron chi connectivity index (χ0n) is 17.7. The highest BCUT2D eigenvalue weighted by molar-refractivity contribution is 6.51. The van der Waals surface area contributed by atoms with Crippen LogP contribution in [-0.4, -0.2) is 30.9 Å². The van der Waals surface area contributed by atoms with Crippen LogP contribution in [-0.2, 0) is 9.53 Å². The van der Waals surface area contributed by atoms with Crippen LogP contribution in [0, 0.1) is 11.8 Å². The van der Waals surface area contributed by atoms with Crippen LogP contribution in [0.2, 0.25) is 0 Å². The van der Waals surface area contributed by atoms with Crippen molar-refractivity contribution in [2.45, 2.75) is 12.3 Å². The first kappa shape index (κ1) is 20.5. The van der Waals surface area contributed by atoms with E-state index in [1.54, 1.807) is 18.2 Å². The van der Waals surface area contributed by atoms with Crippen molar-refractivity contribution in [1.82, 2.24) is 5.32 Å². The number of alkyl carbamates (subject to hydrolysis) is 1. The largest absolute Gasteiger partial charge is 0.449 e. The maximum Gasteiger partial charge on any atom is 0.407 e. The van der Waals surface area contributed by atoms with Gasteiger partial charge in [-0.05, 0) is 34.4 Å². The first-order valence-electron chi connectivity index (χ1n) is 10.7. The molecule has 3 aromatic carbocycles. The Hall–Kier alpha value is -4.37. The first-order valence-corrected chi connectivity index (χ1v) is 10.7. The lowest BCUT2D eigenvalue weighted by Crippen LogP contribution is -2.26. The van der Waals surface area contributed by atoms with Crippen molar-refractivity contribution in [2.24, 2.45) is 0 Å². The highest BCUT2D eigenvalue weighted by Crippen LogP contribution is 2.44. The molecule has 2 N–H and O–H groups in total. The summed E-state index contributed by atoms with van der Waals surface area (Å²) in [5.41, 5.74) is 6.06. The Morgan fingerprint density at radius 2 is 1.58 bits per heavy atom. The molecule has 162 valence electrons. The Morgan fingerprint density at radius 1 is 0.909 bits per heavy atom. The van der Waals surface area contributed by atoms with Gasteiger partial charge in [0, 0.05) is 24.4 Å². The van der Waals surface area contributed by atoms with E-state index < -0.39 is 17.8 Å². The van der Waals surface area contributed by atoms with Crippen LogP contribution < -0.4 is 10.6 Å². The molecule has 1 aliphatic heterocycles. The van der Waals surface area contributed by atoms with Crippen LogP contribution in [0.5, 0.6) is 0 Å². The number of ketones is 1. The van der Waals surface area contributed by atoms with E-state index in [4.69, 9.17) is 4.74 Å². The number of hydrogen-bond acceptors (Lipinski definition) is 4. The number of amides is 2. The van der Waals surface area contributed by atoms with Crippen molar-refractivity contribution in [2.75, 3.05) is 18.5 Å². The van der Waals surface area contributed by atoms with Crippen molar-refractivity contribution < 1.29 is 19.1 Å². The molecule has 0 radical (unpaired) electrons. The number of nitrogens with one attached hydrogen (secondary N) is 2. The van der Waals surface area contributed by atoms with Gasteiger partial charge in [-0.1, -0.05) is 66.4 Å². The molecule has 1 heterocycles. The lowest BCUT2D eigenvalue weighted by molar-refractivity contribution is -0.112. The zero-order valence-corrected chi connectivity index (χ0v) is 17.7. The number of anilines is 1. The molecule has 33 heavy (non-hydrogen) atoms. The Labute approximate surface area is 191 Å². The van der Waals surface area contributed by atoms with Crippen molar-refractivity contribution in [3.05, 3.63) is 89.0 Å². The van der Waals surface area contributed by atoms with Gasteiger partial charge in [0.15, 0.2) is 0 Å². The third-order valence-electron chi connectivity index (χ3n) is 5.84. The van der Waals surface area contributed by atoms with Gasteiger partial charge in [0.2, 0.25) is 0 Å². The molecule has 2 aliphatic rings. The maximum absolute atomic E-state index is 12.2. The van der Waals surface area contributed by atoms with Crippen LogP contribution in [0.4, 0.5) is 10.5 Å². The van der Waals surface area contributed by atoms with Gasteiger partial charge in [-0.2, -0.15) is 0 Å². The second-order valence-corrected chi connectivity index (χ2v) is 7.82. The van der Waals surface area contributed by atoms with E-state index in [2.05, 4.69) is 46.7 Å². The van der Waals surface area contributed by atoms with Gasteiger partial charge in [0.1, 0.15) is 6.61 Å². The number of benzene rings is 3. The van der Waals surface area contributed by atoms with Gasteiger partial charge in [-0.3, -0.25) is 9.59 Å². The molecule has 0 saturated carbocycles. The highest BCUT2D eigenvalue weighted by Gasteiger charge is 2.30. The minimum atomic E-state index is -0.642. The summed E-state index contributed by atoms with van der Waals surface area (Å²) in [5, 5.41) is 5.27. The van der Waals surface area contributed by atoms with E-state index in [9.17, 15) is 14.4 Å². The van der Waals surface area contributed by atoms with Gasteiger partial charge in [0.05, 0.1) is 11.3 Å². The highest BCUT2D eigenvalue weighted by atomic mass is 16.5.